The number of benzene rings is 2. The maximum Gasteiger partial charge on any atom is 0.206 e. The first-order chi connectivity index (χ1) is 12.0. The third kappa shape index (κ3) is 2.80. The zero-order chi connectivity index (χ0) is 17.6. The molecule has 2 saturated carbocycles. The number of hydrogen-bond acceptors (Lipinski definition) is 4. The van der Waals surface area contributed by atoms with Crippen LogP contribution in [0.15, 0.2) is 46.2 Å². The Kier molecular flexibility index (Phi) is 3.99. The Morgan fingerprint density at radius 3 is 1.44 bits per heavy atom. The van der Waals surface area contributed by atoms with Crippen LogP contribution >= 0.6 is 0 Å². The molecule has 0 radical (unpaired) electrons. The molecule has 132 valence electrons. The van der Waals surface area contributed by atoms with E-state index in [2.05, 4.69) is 0 Å². The van der Waals surface area contributed by atoms with E-state index in [4.69, 9.17) is 0 Å². The first kappa shape index (κ1) is 16.5. The molecule has 4 nitrogen and oxygen atoms in total. The highest BCUT2D eigenvalue weighted by atomic mass is 32.2. The van der Waals surface area contributed by atoms with Gasteiger partial charge in [0, 0.05) is 0 Å². The quantitative estimate of drug-likeness (QED) is 0.846. The number of rotatable bonds is 4. The molecule has 0 bridgehead atoms. The summed E-state index contributed by atoms with van der Waals surface area (Å²) in [6.07, 6.45) is 6.18. The lowest BCUT2D eigenvalue weighted by atomic mass is 9.80. The first-order valence-corrected chi connectivity index (χ1v) is 10.4. The second-order valence-electron chi connectivity index (χ2n) is 7.20. The third-order valence-electron chi connectivity index (χ3n) is 5.71. The van der Waals surface area contributed by atoms with E-state index < -0.39 is 9.84 Å². The van der Waals surface area contributed by atoms with Crippen molar-refractivity contribution >= 4 is 9.84 Å². The van der Waals surface area contributed by atoms with Crippen LogP contribution in [0, 0.1) is 0 Å². The summed E-state index contributed by atoms with van der Waals surface area (Å²) in [6.45, 7) is 0. The molecule has 0 atom stereocenters. The van der Waals surface area contributed by atoms with Crippen molar-refractivity contribution in [1.82, 2.24) is 0 Å². The summed E-state index contributed by atoms with van der Waals surface area (Å²) >= 11 is 0. The van der Waals surface area contributed by atoms with Crippen LogP contribution in [0.1, 0.15) is 61.5 Å². The molecule has 2 aliphatic rings. The van der Waals surface area contributed by atoms with Crippen molar-refractivity contribution < 1.29 is 18.6 Å². The smallest absolute Gasteiger partial charge is 0.206 e. The second kappa shape index (κ2) is 6.06. The van der Waals surface area contributed by atoms with Crippen molar-refractivity contribution in [1.29, 1.82) is 0 Å². The Labute approximate surface area is 148 Å². The molecular weight excluding hydrogens is 336 g/mol. The van der Waals surface area contributed by atoms with E-state index in [1.165, 1.54) is 24.3 Å². The zero-order valence-corrected chi connectivity index (χ0v) is 14.8. The Morgan fingerprint density at radius 1 is 0.720 bits per heavy atom. The maximum atomic E-state index is 13.1. The van der Waals surface area contributed by atoms with E-state index in [-0.39, 0.29) is 33.1 Å². The van der Waals surface area contributed by atoms with E-state index in [9.17, 15) is 18.6 Å². The van der Waals surface area contributed by atoms with Crippen LogP contribution in [0.25, 0.3) is 0 Å². The molecule has 2 aliphatic carbocycles. The molecule has 0 spiro atoms. The summed E-state index contributed by atoms with van der Waals surface area (Å²) in [4.78, 5) is 0.412. The highest BCUT2D eigenvalue weighted by molar-refractivity contribution is 7.91. The van der Waals surface area contributed by atoms with E-state index >= 15 is 0 Å². The van der Waals surface area contributed by atoms with Gasteiger partial charge in [-0.25, -0.2) is 8.42 Å². The van der Waals surface area contributed by atoms with Gasteiger partial charge in [0.1, 0.15) is 11.5 Å². The number of hydrogen-bond donors (Lipinski definition) is 2. The van der Waals surface area contributed by atoms with E-state index in [1.807, 2.05) is 0 Å². The van der Waals surface area contributed by atoms with Crippen molar-refractivity contribution in [3.05, 3.63) is 47.5 Å². The average Bonchev–Trinajstić information content (AvgIpc) is 2.47. The van der Waals surface area contributed by atoms with Crippen LogP contribution < -0.4 is 0 Å². The molecule has 0 unspecified atom stereocenters. The standard InChI is InChI=1S/C20H22O4S/c21-19-9-7-15(11-17(19)13-3-1-4-13)25(23,24)16-8-10-20(22)18(12-16)14-5-2-6-14/h7-14,21-22H,1-6H2. The molecular formula is C20H22O4S. The monoisotopic (exact) mass is 358 g/mol. The summed E-state index contributed by atoms with van der Waals surface area (Å²) in [5, 5.41) is 20.1. The van der Waals surface area contributed by atoms with Crippen molar-refractivity contribution in [2.75, 3.05) is 0 Å². The fourth-order valence-electron chi connectivity index (χ4n) is 3.63. The normalized spacial score (nSPS) is 18.6. The Bertz CT molecular complexity index is 840. The van der Waals surface area contributed by atoms with Crippen LogP contribution in [0.3, 0.4) is 0 Å². The first-order valence-electron chi connectivity index (χ1n) is 8.88. The van der Waals surface area contributed by atoms with Gasteiger partial charge in [0.05, 0.1) is 9.79 Å². The maximum absolute atomic E-state index is 13.1. The molecule has 0 heterocycles. The largest absolute Gasteiger partial charge is 0.508 e. The van der Waals surface area contributed by atoms with Crippen LogP contribution in [0.5, 0.6) is 11.5 Å². The highest BCUT2D eigenvalue weighted by Crippen LogP contribution is 2.43. The van der Waals surface area contributed by atoms with E-state index in [0.29, 0.717) is 0 Å². The van der Waals surface area contributed by atoms with Gasteiger partial charge in [-0.2, -0.15) is 0 Å². The summed E-state index contributed by atoms with van der Waals surface area (Å²) in [7, 11) is -3.68. The van der Waals surface area contributed by atoms with Gasteiger partial charge >= 0.3 is 0 Å². The van der Waals surface area contributed by atoms with Gasteiger partial charge in [-0.15, -0.1) is 0 Å². The number of phenols is 2. The summed E-state index contributed by atoms with van der Waals surface area (Å²) in [5.74, 6) is 0.843. The Morgan fingerprint density at radius 2 is 1.12 bits per heavy atom. The predicted octanol–water partition coefficient (Wildman–Crippen LogP) is 4.47. The van der Waals surface area contributed by atoms with Crippen LogP contribution in [-0.2, 0) is 9.84 Å². The predicted molar refractivity (Wildman–Crippen MR) is 94.8 cm³/mol. The van der Waals surface area contributed by atoms with Crippen molar-refractivity contribution in [2.24, 2.45) is 0 Å². The van der Waals surface area contributed by atoms with E-state index in [0.717, 1.165) is 49.7 Å². The number of aromatic hydroxyl groups is 2. The van der Waals surface area contributed by atoms with Gasteiger partial charge in [0.2, 0.25) is 9.84 Å². The molecule has 2 fully saturated rings. The molecule has 0 aromatic heterocycles. The lowest BCUT2D eigenvalue weighted by molar-refractivity contribution is 0.392. The van der Waals surface area contributed by atoms with Crippen LogP contribution in [-0.4, -0.2) is 18.6 Å². The molecule has 0 saturated heterocycles. The third-order valence-corrected chi connectivity index (χ3v) is 7.46. The Hall–Kier alpha value is -2.01. The lowest BCUT2D eigenvalue weighted by Gasteiger charge is -2.27. The fraction of sp³-hybridized carbons (Fsp3) is 0.400. The molecule has 5 heteroatoms. The minimum atomic E-state index is -3.68. The second-order valence-corrected chi connectivity index (χ2v) is 9.15. The minimum Gasteiger partial charge on any atom is -0.508 e. The van der Waals surface area contributed by atoms with Gasteiger partial charge in [-0.1, -0.05) is 12.8 Å². The molecule has 2 N–H and O–H groups in total. The lowest BCUT2D eigenvalue weighted by Crippen LogP contribution is -2.12. The van der Waals surface area contributed by atoms with E-state index in [1.54, 1.807) is 12.1 Å². The van der Waals surface area contributed by atoms with Gasteiger partial charge in [-0.3, -0.25) is 0 Å². The highest BCUT2D eigenvalue weighted by Gasteiger charge is 2.28. The fourth-order valence-corrected chi connectivity index (χ4v) is 4.96. The van der Waals surface area contributed by atoms with Gasteiger partial charge < -0.3 is 10.2 Å². The zero-order valence-electron chi connectivity index (χ0n) is 14.0. The number of sulfone groups is 1. The molecule has 2 aromatic carbocycles. The molecule has 0 amide bonds. The average molecular weight is 358 g/mol. The van der Waals surface area contributed by atoms with Gasteiger partial charge in [0.15, 0.2) is 0 Å². The Balaban J connectivity index is 1.74. The van der Waals surface area contributed by atoms with Gasteiger partial charge in [-0.05, 0) is 85.0 Å². The summed E-state index contributed by atoms with van der Waals surface area (Å²) in [6, 6.07) is 9.11. The molecule has 0 aliphatic heterocycles. The van der Waals surface area contributed by atoms with Crippen LogP contribution in [0.2, 0.25) is 0 Å². The SMILES string of the molecule is O=S(=O)(c1ccc(O)c(C2CCC2)c1)c1ccc(O)c(C2CCC2)c1. The van der Waals surface area contributed by atoms with Crippen molar-refractivity contribution in [2.45, 2.75) is 60.2 Å². The molecule has 25 heavy (non-hydrogen) atoms. The summed E-state index contributed by atoms with van der Waals surface area (Å²) < 4.78 is 26.1. The molecule has 2 aromatic rings. The minimum absolute atomic E-state index is 0.171. The molecule has 4 rings (SSSR count). The van der Waals surface area contributed by atoms with Crippen molar-refractivity contribution in [3.8, 4) is 11.5 Å². The summed E-state index contributed by atoms with van der Waals surface area (Å²) in [5.41, 5.74) is 1.45. The topological polar surface area (TPSA) is 74.6 Å². The van der Waals surface area contributed by atoms with Crippen LogP contribution in [0.4, 0.5) is 0 Å². The van der Waals surface area contributed by atoms with Crippen molar-refractivity contribution in [3.63, 3.8) is 0 Å². The number of phenolic OH excluding ortho intramolecular Hbond substituents is 2. The van der Waals surface area contributed by atoms with Gasteiger partial charge in [0.25, 0.3) is 0 Å².